The first-order valence-corrected chi connectivity index (χ1v) is 7.39. The minimum atomic E-state index is -0.154. The predicted octanol–water partition coefficient (Wildman–Crippen LogP) is 3.95. The highest BCUT2D eigenvalue weighted by atomic mass is 19.1. The van der Waals surface area contributed by atoms with Crippen molar-refractivity contribution in [3.8, 4) is 0 Å². The molecular weight excluding hydrogens is 239 g/mol. The van der Waals surface area contributed by atoms with Crippen LogP contribution in [0.5, 0.6) is 0 Å². The van der Waals surface area contributed by atoms with Crippen LogP contribution in [-0.4, -0.2) is 20.1 Å². The molecule has 0 aliphatic heterocycles. The number of halogens is 1. The third-order valence-electron chi connectivity index (χ3n) is 3.29. The van der Waals surface area contributed by atoms with Crippen LogP contribution in [-0.2, 0) is 6.54 Å². The number of rotatable bonds is 9. The van der Waals surface area contributed by atoms with Gasteiger partial charge in [-0.15, -0.1) is 0 Å². The zero-order valence-corrected chi connectivity index (χ0v) is 12.5. The van der Waals surface area contributed by atoms with Crippen LogP contribution in [0, 0.1) is 5.82 Å². The van der Waals surface area contributed by atoms with E-state index in [-0.39, 0.29) is 5.82 Å². The summed E-state index contributed by atoms with van der Waals surface area (Å²) < 4.78 is 13.4. The molecule has 0 saturated carbocycles. The summed E-state index contributed by atoms with van der Waals surface area (Å²) in [6.45, 7) is 7.07. The highest BCUT2D eigenvalue weighted by molar-refractivity contribution is 5.53. The maximum atomic E-state index is 13.4. The highest BCUT2D eigenvalue weighted by Crippen LogP contribution is 2.21. The lowest BCUT2D eigenvalue weighted by molar-refractivity contribution is 0.617. The maximum Gasteiger partial charge on any atom is 0.123 e. The fourth-order valence-electron chi connectivity index (χ4n) is 2.19. The Balaban J connectivity index is 2.68. The van der Waals surface area contributed by atoms with Crippen molar-refractivity contribution in [3.05, 3.63) is 29.6 Å². The largest absolute Gasteiger partial charge is 0.374 e. The molecule has 0 aliphatic rings. The molecule has 0 aromatic heterocycles. The number of nitrogens with one attached hydrogen (secondary N) is 1. The normalized spacial score (nSPS) is 10.7. The van der Waals surface area contributed by atoms with E-state index < -0.39 is 0 Å². The SMILES string of the molecule is CCCCCN(C)c1ccc(F)cc1CNCCC. The number of unbranched alkanes of at least 4 members (excludes halogenated alkanes) is 2. The van der Waals surface area contributed by atoms with E-state index >= 15 is 0 Å². The van der Waals surface area contributed by atoms with Gasteiger partial charge >= 0.3 is 0 Å². The van der Waals surface area contributed by atoms with Crippen LogP contribution in [0.3, 0.4) is 0 Å². The van der Waals surface area contributed by atoms with Crippen molar-refractivity contribution in [3.63, 3.8) is 0 Å². The van der Waals surface area contributed by atoms with Gasteiger partial charge in [0, 0.05) is 25.8 Å². The van der Waals surface area contributed by atoms with Gasteiger partial charge in [0.25, 0.3) is 0 Å². The van der Waals surface area contributed by atoms with Gasteiger partial charge < -0.3 is 10.2 Å². The molecule has 1 aromatic carbocycles. The van der Waals surface area contributed by atoms with Gasteiger partial charge in [-0.2, -0.15) is 0 Å². The summed E-state index contributed by atoms with van der Waals surface area (Å²) in [6.07, 6.45) is 4.75. The molecule has 0 heterocycles. The Morgan fingerprint density at radius 2 is 1.95 bits per heavy atom. The summed E-state index contributed by atoms with van der Waals surface area (Å²) in [4.78, 5) is 2.23. The van der Waals surface area contributed by atoms with Crippen molar-refractivity contribution in [2.24, 2.45) is 0 Å². The number of hydrogen-bond donors (Lipinski definition) is 1. The van der Waals surface area contributed by atoms with Crippen LogP contribution in [0.15, 0.2) is 18.2 Å². The Labute approximate surface area is 117 Å². The lowest BCUT2D eigenvalue weighted by atomic mass is 10.1. The quantitative estimate of drug-likeness (QED) is 0.681. The minimum absolute atomic E-state index is 0.154. The molecule has 0 radical (unpaired) electrons. The molecule has 0 aliphatic carbocycles. The first kappa shape index (κ1) is 16.0. The van der Waals surface area contributed by atoms with Crippen LogP contribution in [0.25, 0.3) is 0 Å². The molecule has 0 spiro atoms. The molecule has 0 atom stereocenters. The smallest absolute Gasteiger partial charge is 0.123 e. The first-order chi connectivity index (χ1) is 9.19. The molecule has 1 N–H and O–H groups in total. The van der Waals surface area contributed by atoms with Crippen molar-refractivity contribution in [1.29, 1.82) is 0 Å². The van der Waals surface area contributed by atoms with Crippen molar-refractivity contribution < 1.29 is 4.39 Å². The Morgan fingerprint density at radius 1 is 1.16 bits per heavy atom. The molecule has 108 valence electrons. The zero-order valence-electron chi connectivity index (χ0n) is 12.5. The molecule has 1 rings (SSSR count). The van der Waals surface area contributed by atoms with Gasteiger partial charge in [-0.1, -0.05) is 26.7 Å². The van der Waals surface area contributed by atoms with Gasteiger partial charge in [0.15, 0.2) is 0 Å². The molecular formula is C16H27FN2. The highest BCUT2D eigenvalue weighted by Gasteiger charge is 2.08. The van der Waals surface area contributed by atoms with Gasteiger partial charge in [0.05, 0.1) is 0 Å². The number of anilines is 1. The molecule has 0 bridgehead atoms. The maximum absolute atomic E-state index is 13.4. The van der Waals surface area contributed by atoms with E-state index in [1.54, 1.807) is 12.1 Å². The summed E-state index contributed by atoms with van der Waals surface area (Å²) >= 11 is 0. The monoisotopic (exact) mass is 266 g/mol. The van der Waals surface area contributed by atoms with E-state index in [9.17, 15) is 4.39 Å². The summed E-state index contributed by atoms with van der Waals surface area (Å²) in [5.74, 6) is -0.154. The Bertz CT molecular complexity index is 366. The Kier molecular flexibility index (Phi) is 7.49. The van der Waals surface area contributed by atoms with Crippen molar-refractivity contribution in [2.45, 2.75) is 46.1 Å². The molecule has 19 heavy (non-hydrogen) atoms. The molecule has 0 fully saturated rings. The summed E-state index contributed by atoms with van der Waals surface area (Å²) in [5.41, 5.74) is 2.19. The zero-order chi connectivity index (χ0) is 14.1. The van der Waals surface area contributed by atoms with Crippen LogP contribution < -0.4 is 10.2 Å². The number of nitrogens with zero attached hydrogens (tertiary/aromatic N) is 1. The molecule has 2 nitrogen and oxygen atoms in total. The van der Waals surface area contributed by atoms with E-state index in [0.717, 1.165) is 37.3 Å². The third kappa shape index (κ3) is 5.60. The van der Waals surface area contributed by atoms with Crippen LogP contribution in [0.4, 0.5) is 10.1 Å². The van der Waals surface area contributed by atoms with Gasteiger partial charge in [-0.25, -0.2) is 4.39 Å². The number of benzene rings is 1. The van der Waals surface area contributed by atoms with E-state index in [2.05, 4.69) is 31.1 Å². The van der Waals surface area contributed by atoms with Crippen LogP contribution in [0.2, 0.25) is 0 Å². The average Bonchev–Trinajstić information content (AvgIpc) is 2.39. The molecule has 1 aromatic rings. The topological polar surface area (TPSA) is 15.3 Å². The van der Waals surface area contributed by atoms with Gasteiger partial charge in [0.2, 0.25) is 0 Å². The predicted molar refractivity (Wildman–Crippen MR) is 81.2 cm³/mol. The third-order valence-corrected chi connectivity index (χ3v) is 3.29. The minimum Gasteiger partial charge on any atom is -0.374 e. The second-order valence-corrected chi connectivity index (χ2v) is 5.08. The standard InChI is InChI=1S/C16H27FN2/c1-4-6-7-11-19(3)16-9-8-15(17)12-14(16)13-18-10-5-2/h8-9,12,18H,4-7,10-11,13H2,1-3H3. The van der Waals surface area contributed by atoms with E-state index in [0.29, 0.717) is 0 Å². The molecule has 0 amide bonds. The summed E-state index contributed by atoms with van der Waals surface area (Å²) in [7, 11) is 2.09. The van der Waals surface area contributed by atoms with Crippen molar-refractivity contribution in [2.75, 3.05) is 25.0 Å². The van der Waals surface area contributed by atoms with E-state index in [1.807, 2.05) is 6.07 Å². The first-order valence-electron chi connectivity index (χ1n) is 7.39. The fraction of sp³-hybridized carbons (Fsp3) is 0.625. The number of hydrogen-bond acceptors (Lipinski definition) is 2. The van der Waals surface area contributed by atoms with E-state index in [1.165, 1.54) is 19.3 Å². The summed E-state index contributed by atoms with van der Waals surface area (Å²) in [6, 6.07) is 5.09. The van der Waals surface area contributed by atoms with Crippen LogP contribution >= 0.6 is 0 Å². The summed E-state index contributed by atoms with van der Waals surface area (Å²) in [5, 5.41) is 3.35. The fourth-order valence-corrected chi connectivity index (χ4v) is 2.19. The lowest BCUT2D eigenvalue weighted by Crippen LogP contribution is -2.22. The van der Waals surface area contributed by atoms with Gasteiger partial charge in [-0.3, -0.25) is 0 Å². The van der Waals surface area contributed by atoms with Crippen molar-refractivity contribution >= 4 is 5.69 Å². The lowest BCUT2D eigenvalue weighted by Gasteiger charge is -2.23. The Hall–Kier alpha value is -1.09. The van der Waals surface area contributed by atoms with Crippen LogP contribution in [0.1, 0.15) is 45.1 Å². The molecule has 0 saturated heterocycles. The second kappa shape index (κ2) is 8.92. The average molecular weight is 266 g/mol. The second-order valence-electron chi connectivity index (χ2n) is 5.08. The van der Waals surface area contributed by atoms with Gasteiger partial charge in [0.1, 0.15) is 5.82 Å². The van der Waals surface area contributed by atoms with Gasteiger partial charge in [-0.05, 0) is 43.1 Å². The molecule has 0 unspecified atom stereocenters. The van der Waals surface area contributed by atoms with E-state index in [4.69, 9.17) is 0 Å². The molecule has 3 heteroatoms. The van der Waals surface area contributed by atoms with Crippen molar-refractivity contribution in [1.82, 2.24) is 5.32 Å². The Morgan fingerprint density at radius 3 is 2.63 bits per heavy atom.